The summed E-state index contributed by atoms with van der Waals surface area (Å²) in [6, 6.07) is 4.05. The molecule has 2 fully saturated rings. The number of aryl methyl sites for hydroxylation is 1. The summed E-state index contributed by atoms with van der Waals surface area (Å²) in [5.41, 5.74) is 2.12. The summed E-state index contributed by atoms with van der Waals surface area (Å²) >= 11 is 0. The number of carboxylic acid groups (broad SMARTS) is 1. The first-order chi connectivity index (χ1) is 13.6. The lowest BCUT2D eigenvalue weighted by atomic mass is 10.0. The van der Waals surface area contributed by atoms with E-state index >= 15 is 0 Å². The molecule has 29 heavy (non-hydrogen) atoms. The molecule has 0 spiro atoms. The average Bonchev–Trinajstić information content (AvgIpc) is 3.32. The number of aliphatic carboxylic acids is 1. The molecule has 11 heteroatoms. The number of amides is 1. The predicted molar refractivity (Wildman–Crippen MR) is 95.7 cm³/mol. The minimum Gasteiger partial charge on any atom is -0.475 e. The van der Waals surface area contributed by atoms with E-state index in [-0.39, 0.29) is 11.8 Å². The lowest BCUT2D eigenvalue weighted by Gasteiger charge is -2.20. The van der Waals surface area contributed by atoms with Crippen LogP contribution < -0.4 is 4.90 Å². The lowest BCUT2D eigenvalue weighted by Crippen LogP contribution is -2.32. The third kappa shape index (κ3) is 4.91. The molecule has 0 bridgehead atoms. The van der Waals surface area contributed by atoms with Crippen molar-refractivity contribution in [1.29, 1.82) is 0 Å². The van der Waals surface area contributed by atoms with Gasteiger partial charge in [0.1, 0.15) is 0 Å². The molecule has 1 amide bonds. The molecule has 1 N–H and O–H groups in total. The first kappa shape index (κ1) is 20.8. The molecule has 2 aliphatic rings. The molecule has 0 saturated carbocycles. The third-order valence-electron chi connectivity index (χ3n) is 4.89. The van der Waals surface area contributed by atoms with E-state index in [1.54, 1.807) is 17.1 Å². The van der Waals surface area contributed by atoms with Gasteiger partial charge in [0, 0.05) is 57.7 Å². The number of likely N-dealkylation sites (tertiary alicyclic amines) is 1. The number of pyridine rings is 1. The second-order valence-electron chi connectivity index (χ2n) is 7.05. The summed E-state index contributed by atoms with van der Waals surface area (Å²) in [5, 5.41) is 11.3. The van der Waals surface area contributed by atoms with E-state index in [4.69, 9.17) is 9.90 Å². The zero-order valence-electron chi connectivity index (χ0n) is 15.6. The van der Waals surface area contributed by atoms with Crippen LogP contribution in [-0.2, 0) is 23.2 Å². The highest BCUT2D eigenvalue weighted by Gasteiger charge is 2.46. The first-order valence-corrected chi connectivity index (χ1v) is 8.86. The number of carbonyl (C=O) groups excluding carboxylic acids is 1. The molecule has 2 saturated heterocycles. The maximum atomic E-state index is 12.6. The van der Waals surface area contributed by atoms with Gasteiger partial charge in [0.05, 0.1) is 17.8 Å². The molecular formula is C18H20F3N5O3. The van der Waals surface area contributed by atoms with Crippen molar-refractivity contribution in [2.75, 3.05) is 24.5 Å². The van der Waals surface area contributed by atoms with Crippen molar-refractivity contribution in [3.05, 3.63) is 42.5 Å². The lowest BCUT2D eigenvalue weighted by molar-refractivity contribution is -0.192. The van der Waals surface area contributed by atoms with Gasteiger partial charge in [-0.15, -0.1) is 0 Å². The van der Waals surface area contributed by atoms with Crippen molar-refractivity contribution in [3.8, 4) is 0 Å². The molecule has 156 valence electrons. The standard InChI is InChI=1S/C16H19N5O.C2HF3O2/c1-19-10-14(6-18-19)21-9-13-8-20(11-15(13)16(21)22)7-12-3-2-4-17-5-12;3-2(4,5)1(6)7/h2-6,10,13,15H,7-9,11H2,1H3;(H,6,7)/t13-,15-;/m0./s1. The molecule has 2 aliphatic heterocycles. The van der Waals surface area contributed by atoms with Gasteiger partial charge in [0.25, 0.3) is 0 Å². The van der Waals surface area contributed by atoms with Crippen LogP contribution in [0.5, 0.6) is 0 Å². The Labute approximate surface area is 164 Å². The van der Waals surface area contributed by atoms with Crippen LogP contribution in [0.1, 0.15) is 5.56 Å². The fourth-order valence-electron chi connectivity index (χ4n) is 3.61. The summed E-state index contributed by atoms with van der Waals surface area (Å²) < 4.78 is 33.5. The maximum Gasteiger partial charge on any atom is 0.490 e. The van der Waals surface area contributed by atoms with Crippen molar-refractivity contribution in [2.45, 2.75) is 12.7 Å². The number of rotatable bonds is 3. The van der Waals surface area contributed by atoms with Crippen molar-refractivity contribution in [3.63, 3.8) is 0 Å². The Hall–Kier alpha value is -2.95. The number of alkyl halides is 3. The van der Waals surface area contributed by atoms with Gasteiger partial charge in [-0.2, -0.15) is 18.3 Å². The van der Waals surface area contributed by atoms with Gasteiger partial charge in [0.2, 0.25) is 5.91 Å². The fraction of sp³-hybridized carbons (Fsp3) is 0.444. The maximum absolute atomic E-state index is 12.6. The highest BCUT2D eigenvalue weighted by Crippen LogP contribution is 2.35. The van der Waals surface area contributed by atoms with Crippen LogP contribution in [0.3, 0.4) is 0 Å². The second kappa shape index (κ2) is 8.19. The SMILES string of the molecule is Cn1cc(N2C[C@@H]3CN(Cc4cccnc4)C[C@@H]3C2=O)cn1.O=C(O)C(F)(F)F. The molecule has 2 aromatic rings. The highest BCUT2D eigenvalue weighted by atomic mass is 19.4. The summed E-state index contributed by atoms with van der Waals surface area (Å²) in [4.78, 5) is 30.0. The van der Waals surface area contributed by atoms with Gasteiger partial charge in [-0.1, -0.05) is 6.07 Å². The Morgan fingerprint density at radius 3 is 2.52 bits per heavy atom. The van der Waals surface area contributed by atoms with Crippen molar-refractivity contribution < 1.29 is 27.9 Å². The largest absolute Gasteiger partial charge is 0.490 e. The van der Waals surface area contributed by atoms with E-state index < -0.39 is 12.1 Å². The molecule has 2 aromatic heterocycles. The van der Waals surface area contributed by atoms with E-state index in [0.717, 1.165) is 31.9 Å². The number of nitrogens with zero attached hydrogens (tertiary/aromatic N) is 5. The molecule has 0 aliphatic carbocycles. The summed E-state index contributed by atoms with van der Waals surface area (Å²) in [6.07, 6.45) is 2.29. The summed E-state index contributed by atoms with van der Waals surface area (Å²) in [6.45, 7) is 3.50. The van der Waals surface area contributed by atoms with E-state index in [0.29, 0.717) is 5.92 Å². The van der Waals surface area contributed by atoms with Crippen molar-refractivity contribution in [2.24, 2.45) is 18.9 Å². The van der Waals surface area contributed by atoms with Crippen molar-refractivity contribution in [1.82, 2.24) is 19.7 Å². The number of carbonyl (C=O) groups is 2. The van der Waals surface area contributed by atoms with Crippen LogP contribution >= 0.6 is 0 Å². The average molecular weight is 411 g/mol. The minimum atomic E-state index is -5.08. The van der Waals surface area contributed by atoms with Gasteiger partial charge in [-0.3, -0.25) is 19.4 Å². The summed E-state index contributed by atoms with van der Waals surface area (Å²) in [7, 11) is 1.88. The van der Waals surface area contributed by atoms with E-state index in [2.05, 4.69) is 21.0 Å². The Bertz CT molecular complexity index is 871. The molecular weight excluding hydrogens is 391 g/mol. The third-order valence-corrected chi connectivity index (χ3v) is 4.89. The number of fused-ring (bicyclic) bond motifs is 1. The number of halogens is 3. The van der Waals surface area contributed by atoms with Crippen LogP contribution in [-0.4, -0.2) is 62.5 Å². The zero-order chi connectivity index (χ0) is 21.2. The van der Waals surface area contributed by atoms with Gasteiger partial charge in [-0.25, -0.2) is 4.79 Å². The minimum absolute atomic E-state index is 0.122. The number of carboxylic acids is 1. The molecule has 0 unspecified atom stereocenters. The predicted octanol–water partition coefficient (Wildman–Crippen LogP) is 1.54. The number of aromatic nitrogens is 3. The van der Waals surface area contributed by atoms with Crippen LogP contribution in [0.15, 0.2) is 36.9 Å². The van der Waals surface area contributed by atoms with E-state index in [9.17, 15) is 18.0 Å². The molecule has 0 radical (unpaired) electrons. The van der Waals surface area contributed by atoms with Gasteiger partial charge in [0.15, 0.2) is 0 Å². The number of hydrogen-bond donors (Lipinski definition) is 1. The van der Waals surface area contributed by atoms with Gasteiger partial charge < -0.3 is 10.0 Å². The van der Waals surface area contributed by atoms with Crippen LogP contribution in [0.25, 0.3) is 0 Å². The van der Waals surface area contributed by atoms with Crippen LogP contribution in [0.4, 0.5) is 18.9 Å². The Morgan fingerprint density at radius 1 is 1.28 bits per heavy atom. The topological polar surface area (TPSA) is 91.6 Å². The quantitative estimate of drug-likeness (QED) is 0.824. The monoisotopic (exact) mass is 411 g/mol. The smallest absolute Gasteiger partial charge is 0.475 e. The van der Waals surface area contributed by atoms with E-state index in [1.165, 1.54) is 5.56 Å². The fourth-order valence-corrected chi connectivity index (χ4v) is 3.61. The number of hydrogen-bond acceptors (Lipinski definition) is 5. The molecule has 2 atom stereocenters. The van der Waals surface area contributed by atoms with E-state index in [1.807, 2.05) is 30.4 Å². The Kier molecular flexibility index (Phi) is 5.87. The van der Waals surface area contributed by atoms with Crippen LogP contribution in [0, 0.1) is 11.8 Å². The second-order valence-corrected chi connectivity index (χ2v) is 7.05. The first-order valence-electron chi connectivity index (χ1n) is 8.86. The van der Waals surface area contributed by atoms with Crippen molar-refractivity contribution >= 4 is 17.6 Å². The Balaban J connectivity index is 0.000000298. The Morgan fingerprint density at radius 2 is 2.00 bits per heavy atom. The number of anilines is 1. The summed E-state index contributed by atoms with van der Waals surface area (Å²) in [5.74, 6) is -1.97. The highest BCUT2D eigenvalue weighted by molar-refractivity contribution is 5.97. The van der Waals surface area contributed by atoms with Gasteiger partial charge in [-0.05, 0) is 11.6 Å². The molecule has 8 nitrogen and oxygen atoms in total. The normalized spacial score (nSPS) is 21.7. The molecule has 4 heterocycles. The van der Waals surface area contributed by atoms with Gasteiger partial charge >= 0.3 is 12.1 Å². The molecule has 4 rings (SSSR count). The zero-order valence-corrected chi connectivity index (χ0v) is 15.6. The van der Waals surface area contributed by atoms with Crippen LogP contribution in [0.2, 0.25) is 0 Å². The molecule has 0 aromatic carbocycles.